The molecule has 0 aromatic heterocycles. The van der Waals surface area contributed by atoms with Gasteiger partial charge in [-0.2, -0.15) is 13.2 Å². The molecule has 2 nitrogen and oxygen atoms in total. The topological polar surface area (TPSA) is 35.2 Å². The summed E-state index contributed by atoms with van der Waals surface area (Å²) < 4.78 is 43.3. The van der Waals surface area contributed by atoms with Crippen LogP contribution in [0, 0.1) is 0 Å². The van der Waals surface area contributed by atoms with E-state index in [1.807, 2.05) is 6.92 Å². The fourth-order valence-corrected chi connectivity index (χ4v) is 1.28. The molecule has 0 aliphatic rings. The third-order valence-electron chi connectivity index (χ3n) is 2.52. The maximum Gasteiger partial charge on any atom is 0.410 e. The third-order valence-corrected chi connectivity index (χ3v) is 2.52. The number of alkyl halides is 3. The van der Waals surface area contributed by atoms with Crippen LogP contribution >= 0.6 is 0 Å². The minimum Gasteiger partial charge on any atom is -0.494 e. The second-order valence-electron chi connectivity index (χ2n) is 4.07. The first-order valence-electron chi connectivity index (χ1n) is 5.38. The van der Waals surface area contributed by atoms with Crippen LogP contribution in [0.1, 0.15) is 25.8 Å². The molecule has 96 valence electrons. The quantitative estimate of drug-likeness (QED) is 0.886. The van der Waals surface area contributed by atoms with Crippen LogP contribution < -0.4 is 10.5 Å². The summed E-state index contributed by atoms with van der Waals surface area (Å²) in [7, 11) is 0. The van der Waals surface area contributed by atoms with Crippen molar-refractivity contribution in [3.05, 3.63) is 29.8 Å². The number of nitrogens with two attached hydrogens (primary N) is 1. The van der Waals surface area contributed by atoms with Crippen molar-refractivity contribution in [3.63, 3.8) is 0 Å². The summed E-state index contributed by atoms with van der Waals surface area (Å²) in [4.78, 5) is 0. The van der Waals surface area contributed by atoms with Gasteiger partial charge in [-0.1, -0.05) is 19.1 Å². The molecule has 0 heterocycles. The van der Waals surface area contributed by atoms with E-state index in [1.54, 1.807) is 0 Å². The summed E-state index contributed by atoms with van der Waals surface area (Å²) in [6.07, 6.45) is -3.63. The Hall–Kier alpha value is -1.23. The second-order valence-corrected chi connectivity index (χ2v) is 4.07. The molecule has 0 spiro atoms. The van der Waals surface area contributed by atoms with Gasteiger partial charge in [0.05, 0.1) is 6.61 Å². The van der Waals surface area contributed by atoms with Crippen molar-refractivity contribution in [3.8, 4) is 5.75 Å². The number of benzene rings is 1. The zero-order valence-electron chi connectivity index (χ0n) is 9.84. The average Bonchev–Trinajstić information content (AvgIpc) is 2.25. The van der Waals surface area contributed by atoms with Crippen molar-refractivity contribution < 1.29 is 17.9 Å². The maximum atomic E-state index is 12.7. The number of ether oxygens (including phenoxy) is 1. The van der Waals surface area contributed by atoms with E-state index in [0.717, 1.165) is 13.3 Å². The first-order valence-corrected chi connectivity index (χ1v) is 5.38. The van der Waals surface area contributed by atoms with Crippen molar-refractivity contribution in [2.24, 2.45) is 5.73 Å². The molecule has 5 heteroatoms. The lowest BCUT2D eigenvalue weighted by Gasteiger charge is -2.28. The fraction of sp³-hybridized carbons (Fsp3) is 0.500. The zero-order valence-corrected chi connectivity index (χ0v) is 9.84. The van der Waals surface area contributed by atoms with Crippen LogP contribution in [0.15, 0.2) is 24.3 Å². The third kappa shape index (κ3) is 3.12. The number of halogens is 3. The normalized spacial score (nSPS) is 15.4. The van der Waals surface area contributed by atoms with E-state index >= 15 is 0 Å². The summed E-state index contributed by atoms with van der Waals surface area (Å²) in [6.45, 7) is 3.45. The van der Waals surface area contributed by atoms with Gasteiger partial charge < -0.3 is 10.5 Å². The van der Waals surface area contributed by atoms with E-state index in [0.29, 0.717) is 12.4 Å². The van der Waals surface area contributed by atoms with Crippen molar-refractivity contribution in [2.75, 3.05) is 6.61 Å². The molecule has 1 atom stereocenters. The molecule has 1 aromatic rings. The highest BCUT2D eigenvalue weighted by molar-refractivity contribution is 5.32. The SMILES string of the molecule is CCCOc1ccc(C(C)(N)C(F)(F)F)cc1. The highest BCUT2D eigenvalue weighted by Gasteiger charge is 2.49. The second kappa shape index (κ2) is 4.96. The van der Waals surface area contributed by atoms with E-state index in [2.05, 4.69) is 0 Å². The van der Waals surface area contributed by atoms with Crippen LogP contribution in [0.2, 0.25) is 0 Å². The molecule has 1 rings (SSSR count). The molecule has 0 fully saturated rings. The minimum atomic E-state index is -4.47. The van der Waals surface area contributed by atoms with E-state index < -0.39 is 11.7 Å². The van der Waals surface area contributed by atoms with Crippen LogP contribution in [-0.4, -0.2) is 12.8 Å². The molecule has 0 aliphatic heterocycles. The van der Waals surface area contributed by atoms with Crippen LogP contribution in [0.4, 0.5) is 13.2 Å². The van der Waals surface area contributed by atoms with Crippen LogP contribution in [0.25, 0.3) is 0 Å². The van der Waals surface area contributed by atoms with Crippen LogP contribution in [0.3, 0.4) is 0 Å². The lowest BCUT2D eigenvalue weighted by atomic mass is 9.92. The zero-order chi connectivity index (χ0) is 13.1. The van der Waals surface area contributed by atoms with Crippen LogP contribution in [-0.2, 0) is 5.54 Å². The highest BCUT2D eigenvalue weighted by atomic mass is 19.4. The van der Waals surface area contributed by atoms with Crippen molar-refractivity contribution in [1.29, 1.82) is 0 Å². The monoisotopic (exact) mass is 247 g/mol. The Labute approximate surface area is 98.6 Å². The van der Waals surface area contributed by atoms with Crippen molar-refractivity contribution in [2.45, 2.75) is 32.0 Å². The van der Waals surface area contributed by atoms with E-state index in [9.17, 15) is 13.2 Å². The summed E-state index contributed by atoms with van der Waals surface area (Å²) in [6, 6.07) is 5.70. The standard InChI is InChI=1S/C12H16F3NO/c1-3-8-17-10-6-4-9(5-7-10)11(2,16)12(13,14)15/h4-7H,3,8,16H2,1-2H3. The predicted molar refractivity (Wildman–Crippen MR) is 59.8 cm³/mol. The van der Waals surface area contributed by atoms with Gasteiger partial charge in [-0.25, -0.2) is 0 Å². The minimum absolute atomic E-state index is 0.0221. The molecule has 0 aliphatic carbocycles. The van der Waals surface area contributed by atoms with Gasteiger partial charge in [0.15, 0.2) is 0 Å². The molecule has 0 saturated heterocycles. The van der Waals surface area contributed by atoms with Gasteiger partial charge in [-0.3, -0.25) is 0 Å². The van der Waals surface area contributed by atoms with Crippen LogP contribution in [0.5, 0.6) is 5.75 Å². The van der Waals surface area contributed by atoms with Gasteiger partial charge in [-0.05, 0) is 31.0 Å². The molecule has 2 N–H and O–H groups in total. The Kier molecular flexibility index (Phi) is 4.03. The Morgan fingerprint density at radius 2 is 1.71 bits per heavy atom. The molecular weight excluding hydrogens is 231 g/mol. The molecule has 17 heavy (non-hydrogen) atoms. The summed E-state index contributed by atoms with van der Waals surface area (Å²) in [5, 5.41) is 0. The summed E-state index contributed by atoms with van der Waals surface area (Å²) >= 11 is 0. The van der Waals surface area contributed by atoms with Gasteiger partial charge >= 0.3 is 6.18 Å². The molecular formula is C12H16F3NO. The van der Waals surface area contributed by atoms with Crippen molar-refractivity contribution in [1.82, 2.24) is 0 Å². The summed E-state index contributed by atoms with van der Waals surface area (Å²) in [5.74, 6) is 0.550. The van der Waals surface area contributed by atoms with E-state index in [-0.39, 0.29) is 5.56 Å². The van der Waals surface area contributed by atoms with Gasteiger partial charge in [0.25, 0.3) is 0 Å². The predicted octanol–water partition coefficient (Wildman–Crippen LogP) is 3.21. The Balaban J connectivity index is 2.87. The molecule has 1 aromatic carbocycles. The smallest absolute Gasteiger partial charge is 0.410 e. The molecule has 1 unspecified atom stereocenters. The average molecular weight is 247 g/mol. The molecule has 0 amide bonds. The van der Waals surface area contributed by atoms with Gasteiger partial charge in [0.1, 0.15) is 11.3 Å². The van der Waals surface area contributed by atoms with Gasteiger partial charge in [0, 0.05) is 0 Å². The largest absolute Gasteiger partial charge is 0.494 e. The van der Waals surface area contributed by atoms with E-state index in [4.69, 9.17) is 10.5 Å². The fourth-order valence-electron chi connectivity index (χ4n) is 1.28. The first-order chi connectivity index (χ1) is 7.79. The number of rotatable bonds is 4. The Bertz CT molecular complexity index is 357. The molecule has 0 bridgehead atoms. The Morgan fingerprint density at radius 3 is 2.12 bits per heavy atom. The number of hydrogen-bond donors (Lipinski definition) is 1. The summed E-state index contributed by atoms with van der Waals surface area (Å²) in [5.41, 5.74) is 2.98. The first kappa shape index (κ1) is 13.8. The lowest BCUT2D eigenvalue weighted by Crippen LogP contribution is -2.47. The Morgan fingerprint density at radius 1 is 1.18 bits per heavy atom. The highest BCUT2D eigenvalue weighted by Crippen LogP contribution is 2.36. The molecule has 0 saturated carbocycles. The molecule has 0 radical (unpaired) electrons. The number of hydrogen-bond acceptors (Lipinski definition) is 2. The van der Waals surface area contributed by atoms with Gasteiger partial charge in [0.2, 0.25) is 0 Å². The lowest BCUT2D eigenvalue weighted by molar-refractivity contribution is -0.184. The van der Waals surface area contributed by atoms with Crippen molar-refractivity contribution >= 4 is 0 Å². The maximum absolute atomic E-state index is 12.7. The van der Waals surface area contributed by atoms with E-state index in [1.165, 1.54) is 24.3 Å². The van der Waals surface area contributed by atoms with Gasteiger partial charge in [-0.15, -0.1) is 0 Å².